The Morgan fingerprint density at radius 1 is 0.765 bits per heavy atom. The Morgan fingerprint density at radius 3 is 1.29 bits per heavy atom. The second-order valence-electron chi connectivity index (χ2n) is 4.98. The van der Waals surface area contributed by atoms with Gasteiger partial charge in [-0.15, -0.1) is 0 Å². The van der Waals surface area contributed by atoms with Crippen LogP contribution in [0.3, 0.4) is 0 Å². The predicted molar refractivity (Wildman–Crippen MR) is 79.5 cm³/mol. The van der Waals surface area contributed by atoms with E-state index in [2.05, 4.69) is 27.7 Å². The number of hydrogen-bond donors (Lipinski definition) is 0. The van der Waals surface area contributed by atoms with Gasteiger partial charge in [-0.05, 0) is 24.7 Å². The smallest absolute Gasteiger partial charge is 0.0463 e. The van der Waals surface area contributed by atoms with Crippen LogP contribution < -0.4 is 0 Å². The van der Waals surface area contributed by atoms with E-state index in [0.717, 1.165) is 37.9 Å². The molecule has 1 fully saturated rings. The molecule has 1 aliphatic rings. The predicted octanol–water partition coefficient (Wildman–Crippen LogP) is 5.68. The van der Waals surface area contributed by atoms with Crippen molar-refractivity contribution in [1.82, 2.24) is 0 Å². The van der Waals surface area contributed by atoms with Crippen LogP contribution in [0.15, 0.2) is 0 Å². The van der Waals surface area contributed by atoms with Gasteiger partial charge in [0.1, 0.15) is 0 Å². The Hall–Kier alpha value is -0.0400. The maximum Gasteiger partial charge on any atom is 0.0463 e. The van der Waals surface area contributed by atoms with E-state index >= 15 is 0 Å². The third-order valence-electron chi connectivity index (χ3n) is 3.00. The number of ether oxygens (including phenoxy) is 1. The van der Waals surface area contributed by atoms with Crippen molar-refractivity contribution in [2.45, 2.75) is 80.1 Å². The molecular formula is C16H36O. The summed E-state index contributed by atoms with van der Waals surface area (Å²) in [6.07, 6.45) is 8.17. The summed E-state index contributed by atoms with van der Waals surface area (Å²) in [5.74, 6) is 2.04. The lowest BCUT2D eigenvalue weighted by Crippen LogP contribution is -2.08. The van der Waals surface area contributed by atoms with Crippen LogP contribution in [-0.2, 0) is 4.74 Å². The zero-order valence-electron chi connectivity index (χ0n) is 13.2. The summed E-state index contributed by atoms with van der Waals surface area (Å²) in [6.45, 7) is 14.8. The van der Waals surface area contributed by atoms with Crippen molar-refractivity contribution in [3.8, 4) is 0 Å². The van der Waals surface area contributed by atoms with Gasteiger partial charge in [-0.1, -0.05) is 67.2 Å². The first-order valence-corrected chi connectivity index (χ1v) is 7.78. The molecule has 0 heterocycles. The molecule has 1 aliphatic carbocycles. The van der Waals surface area contributed by atoms with Crippen LogP contribution in [-0.4, -0.2) is 13.2 Å². The molecule has 0 aliphatic heterocycles. The fraction of sp³-hybridized carbons (Fsp3) is 1.00. The van der Waals surface area contributed by atoms with Gasteiger partial charge >= 0.3 is 0 Å². The maximum absolute atomic E-state index is 5.13. The number of rotatable bonds is 4. The normalized spacial score (nSPS) is 22.9. The summed E-state index contributed by atoms with van der Waals surface area (Å²) < 4.78 is 5.13. The van der Waals surface area contributed by atoms with Crippen molar-refractivity contribution >= 4 is 0 Å². The van der Waals surface area contributed by atoms with E-state index in [1.54, 1.807) is 0 Å². The maximum atomic E-state index is 5.13. The van der Waals surface area contributed by atoms with Crippen LogP contribution in [0.1, 0.15) is 80.1 Å². The van der Waals surface area contributed by atoms with Gasteiger partial charge in [-0.3, -0.25) is 0 Å². The van der Waals surface area contributed by atoms with Gasteiger partial charge in [0, 0.05) is 13.2 Å². The van der Waals surface area contributed by atoms with E-state index in [4.69, 9.17) is 4.74 Å². The molecular weight excluding hydrogens is 208 g/mol. The molecule has 0 atom stereocenters. The lowest BCUT2D eigenvalue weighted by atomic mass is 9.84. The molecule has 17 heavy (non-hydrogen) atoms. The highest BCUT2D eigenvalue weighted by molar-refractivity contribution is 4.65. The van der Waals surface area contributed by atoms with Gasteiger partial charge in [-0.2, -0.15) is 0 Å². The van der Waals surface area contributed by atoms with Crippen LogP contribution in [0.5, 0.6) is 0 Å². The molecule has 0 aromatic rings. The average Bonchev–Trinajstić information content (AvgIpc) is 2.37. The highest BCUT2D eigenvalue weighted by Crippen LogP contribution is 2.27. The summed E-state index contributed by atoms with van der Waals surface area (Å²) in [4.78, 5) is 0. The highest BCUT2D eigenvalue weighted by Gasteiger charge is 2.13. The molecule has 0 unspecified atom stereocenters. The first-order valence-electron chi connectivity index (χ1n) is 7.78. The van der Waals surface area contributed by atoms with Crippen molar-refractivity contribution < 1.29 is 4.74 Å². The third-order valence-corrected chi connectivity index (χ3v) is 3.00. The zero-order chi connectivity index (χ0) is 13.5. The fourth-order valence-corrected chi connectivity index (χ4v) is 1.82. The SMILES string of the molecule is CC.CC1CCC(C)CC1.CCCOCCC. The molecule has 0 saturated heterocycles. The molecule has 0 amide bonds. The second-order valence-corrected chi connectivity index (χ2v) is 4.98. The monoisotopic (exact) mass is 244 g/mol. The molecule has 106 valence electrons. The van der Waals surface area contributed by atoms with Gasteiger partial charge in [0.15, 0.2) is 0 Å². The first kappa shape index (κ1) is 19.3. The van der Waals surface area contributed by atoms with E-state index in [1.165, 1.54) is 25.7 Å². The Bertz CT molecular complexity index is 101. The average molecular weight is 244 g/mol. The van der Waals surface area contributed by atoms with Gasteiger partial charge < -0.3 is 4.74 Å². The van der Waals surface area contributed by atoms with Crippen LogP contribution in [0.25, 0.3) is 0 Å². The Kier molecular flexibility index (Phi) is 18.1. The van der Waals surface area contributed by atoms with Crippen molar-refractivity contribution in [3.63, 3.8) is 0 Å². The summed E-state index contributed by atoms with van der Waals surface area (Å²) in [7, 11) is 0. The van der Waals surface area contributed by atoms with E-state index in [9.17, 15) is 0 Å². The topological polar surface area (TPSA) is 9.23 Å². The summed E-state index contributed by atoms with van der Waals surface area (Å²) in [5, 5.41) is 0. The standard InChI is InChI=1S/C8H16.C6H14O.C2H6/c1-7-3-5-8(2)6-4-7;1-3-5-7-6-4-2;1-2/h7-8H,3-6H2,1-2H3;3-6H2,1-2H3;1-2H3. The minimum absolute atomic E-state index is 0.924. The summed E-state index contributed by atoms with van der Waals surface area (Å²) >= 11 is 0. The van der Waals surface area contributed by atoms with Crippen LogP contribution in [0, 0.1) is 11.8 Å². The molecule has 1 nitrogen and oxygen atoms in total. The van der Waals surface area contributed by atoms with Crippen molar-refractivity contribution in [3.05, 3.63) is 0 Å². The molecule has 0 N–H and O–H groups in total. The molecule has 0 aromatic heterocycles. The van der Waals surface area contributed by atoms with E-state index in [0.29, 0.717) is 0 Å². The van der Waals surface area contributed by atoms with Crippen molar-refractivity contribution in [2.75, 3.05) is 13.2 Å². The third kappa shape index (κ3) is 16.0. The molecule has 0 bridgehead atoms. The lowest BCUT2D eigenvalue weighted by Gasteiger charge is -2.22. The molecule has 1 saturated carbocycles. The number of hydrogen-bond acceptors (Lipinski definition) is 1. The Balaban J connectivity index is 0. The first-order chi connectivity index (χ1) is 8.20. The van der Waals surface area contributed by atoms with Crippen LogP contribution in [0.4, 0.5) is 0 Å². The lowest BCUT2D eigenvalue weighted by molar-refractivity contribution is 0.135. The van der Waals surface area contributed by atoms with Gasteiger partial charge in [0.25, 0.3) is 0 Å². The van der Waals surface area contributed by atoms with E-state index in [1.807, 2.05) is 13.8 Å². The largest absolute Gasteiger partial charge is 0.381 e. The van der Waals surface area contributed by atoms with Crippen LogP contribution in [0.2, 0.25) is 0 Å². The molecule has 0 spiro atoms. The van der Waals surface area contributed by atoms with Crippen LogP contribution >= 0.6 is 0 Å². The minimum Gasteiger partial charge on any atom is -0.381 e. The van der Waals surface area contributed by atoms with Crippen molar-refractivity contribution in [2.24, 2.45) is 11.8 Å². The fourth-order valence-electron chi connectivity index (χ4n) is 1.82. The Morgan fingerprint density at radius 2 is 1.06 bits per heavy atom. The molecule has 0 radical (unpaired) electrons. The Labute approximate surface area is 110 Å². The molecule has 1 heteroatoms. The van der Waals surface area contributed by atoms with Gasteiger partial charge in [0.05, 0.1) is 0 Å². The molecule has 1 rings (SSSR count). The van der Waals surface area contributed by atoms with E-state index in [-0.39, 0.29) is 0 Å². The minimum atomic E-state index is 0.924. The van der Waals surface area contributed by atoms with Crippen molar-refractivity contribution in [1.29, 1.82) is 0 Å². The van der Waals surface area contributed by atoms with Gasteiger partial charge in [-0.25, -0.2) is 0 Å². The van der Waals surface area contributed by atoms with Gasteiger partial charge in [0.2, 0.25) is 0 Å². The second kappa shape index (κ2) is 16.0. The quantitative estimate of drug-likeness (QED) is 0.578. The van der Waals surface area contributed by atoms with E-state index < -0.39 is 0 Å². The zero-order valence-corrected chi connectivity index (χ0v) is 13.2. The summed E-state index contributed by atoms with van der Waals surface area (Å²) in [6, 6.07) is 0. The highest BCUT2D eigenvalue weighted by atomic mass is 16.5. The molecule has 0 aromatic carbocycles. The summed E-state index contributed by atoms with van der Waals surface area (Å²) in [5.41, 5.74) is 0.